The van der Waals surface area contributed by atoms with E-state index >= 15 is 0 Å². The van der Waals surface area contributed by atoms with Crippen molar-refractivity contribution in [1.82, 2.24) is 5.32 Å². The van der Waals surface area contributed by atoms with E-state index in [0.29, 0.717) is 31.8 Å². The highest BCUT2D eigenvalue weighted by molar-refractivity contribution is 5.26. The molecule has 1 aromatic rings. The maximum absolute atomic E-state index is 12.7. The van der Waals surface area contributed by atoms with Crippen molar-refractivity contribution < 1.29 is 22.6 Å². The third kappa shape index (κ3) is 4.69. The van der Waals surface area contributed by atoms with E-state index in [1.807, 2.05) is 6.92 Å². The summed E-state index contributed by atoms with van der Waals surface area (Å²) in [6.45, 7) is 4.25. The number of benzene rings is 1. The average Bonchev–Trinajstić information content (AvgIpc) is 2.47. The molecule has 0 amide bonds. The van der Waals surface area contributed by atoms with Gasteiger partial charge in [-0.15, -0.1) is 0 Å². The third-order valence-electron chi connectivity index (χ3n) is 3.47. The van der Waals surface area contributed by atoms with E-state index in [1.165, 1.54) is 12.1 Å². The van der Waals surface area contributed by atoms with Gasteiger partial charge in [-0.25, -0.2) is 0 Å². The summed E-state index contributed by atoms with van der Waals surface area (Å²) in [4.78, 5) is 0. The highest BCUT2D eigenvalue weighted by Gasteiger charge is 2.31. The molecule has 0 saturated carbocycles. The molecule has 1 aliphatic heterocycles. The Bertz CT molecular complexity index is 445. The number of halogens is 3. The lowest BCUT2D eigenvalue weighted by Crippen LogP contribution is -2.47. The van der Waals surface area contributed by atoms with Gasteiger partial charge in [0.25, 0.3) is 0 Å². The molecule has 2 unspecified atom stereocenters. The number of hydrogen-bond donors (Lipinski definition) is 1. The summed E-state index contributed by atoms with van der Waals surface area (Å²) in [5, 5.41) is 3.27. The van der Waals surface area contributed by atoms with Crippen LogP contribution < -0.4 is 5.32 Å². The number of ether oxygens (including phenoxy) is 2. The Kier molecular flexibility index (Phi) is 5.61. The minimum absolute atomic E-state index is 0.0567. The van der Waals surface area contributed by atoms with Crippen LogP contribution in [0.15, 0.2) is 24.3 Å². The quantitative estimate of drug-likeness (QED) is 0.907. The summed E-state index contributed by atoms with van der Waals surface area (Å²) in [7, 11) is 0. The minimum atomic E-state index is -4.31. The highest BCUT2D eigenvalue weighted by atomic mass is 19.4. The Labute approximate surface area is 122 Å². The molecule has 3 nitrogen and oxygen atoms in total. The van der Waals surface area contributed by atoms with E-state index in [1.54, 1.807) is 6.07 Å². The number of nitrogens with one attached hydrogen (secondary N) is 1. The largest absolute Gasteiger partial charge is 0.416 e. The molecule has 0 spiro atoms. The molecule has 2 atom stereocenters. The minimum Gasteiger partial charge on any atom is -0.376 e. The molecule has 1 aliphatic rings. The number of likely N-dealkylation sites (N-methyl/N-ethyl adjacent to an activating group) is 1. The summed E-state index contributed by atoms with van der Waals surface area (Å²) >= 11 is 0. The standard InChI is InChI=1S/C15H20F3NO2/c1-2-19-13(14-10-20-6-7-21-14)9-11-4-3-5-12(8-11)15(16,17)18/h3-5,8,13-14,19H,2,6-7,9-10H2,1H3. The Balaban J connectivity index is 2.09. The zero-order chi connectivity index (χ0) is 15.3. The maximum Gasteiger partial charge on any atom is 0.416 e. The first kappa shape index (κ1) is 16.3. The zero-order valence-electron chi connectivity index (χ0n) is 12.0. The normalized spacial score (nSPS) is 21.2. The van der Waals surface area contributed by atoms with Crippen LogP contribution in [0.1, 0.15) is 18.1 Å². The SMILES string of the molecule is CCNC(Cc1cccc(C(F)(F)F)c1)C1COCCO1. The zero-order valence-corrected chi connectivity index (χ0v) is 12.0. The van der Waals surface area contributed by atoms with Crippen LogP contribution in [0.4, 0.5) is 13.2 Å². The van der Waals surface area contributed by atoms with Crippen molar-refractivity contribution in [2.75, 3.05) is 26.4 Å². The van der Waals surface area contributed by atoms with Crippen LogP contribution in [0.25, 0.3) is 0 Å². The fourth-order valence-electron chi connectivity index (χ4n) is 2.46. The van der Waals surface area contributed by atoms with Crippen LogP contribution in [-0.4, -0.2) is 38.5 Å². The van der Waals surface area contributed by atoms with E-state index in [0.717, 1.165) is 12.6 Å². The summed E-state index contributed by atoms with van der Waals surface area (Å²) < 4.78 is 49.3. The molecule has 1 heterocycles. The molecule has 2 rings (SSSR count). The second-order valence-electron chi connectivity index (χ2n) is 5.05. The monoisotopic (exact) mass is 303 g/mol. The lowest BCUT2D eigenvalue weighted by Gasteiger charge is -2.31. The molecule has 0 bridgehead atoms. The van der Waals surface area contributed by atoms with Gasteiger partial charge in [0, 0.05) is 6.04 Å². The van der Waals surface area contributed by atoms with E-state index in [-0.39, 0.29) is 12.1 Å². The van der Waals surface area contributed by atoms with Crippen molar-refractivity contribution in [2.24, 2.45) is 0 Å². The Morgan fingerprint density at radius 2 is 2.14 bits per heavy atom. The third-order valence-corrected chi connectivity index (χ3v) is 3.47. The summed E-state index contributed by atoms with van der Waals surface area (Å²) in [5.74, 6) is 0. The highest BCUT2D eigenvalue weighted by Crippen LogP contribution is 2.29. The molecule has 1 N–H and O–H groups in total. The van der Waals surface area contributed by atoms with Crippen molar-refractivity contribution in [3.63, 3.8) is 0 Å². The van der Waals surface area contributed by atoms with Crippen molar-refractivity contribution >= 4 is 0 Å². The molecule has 0 aliphatic carbocycles. The van der Waals surface area contributed by atoms with E-state index in [4.69, 9.17) is 9.47 Å². The predicted molar refractivity (Wildman–Crippen MR) is 73.2 cm³/mol. The molecule has 6 heteroatoms. The second kappa shape index (κ2) is 7.24. The van der Waals surface area contributed by atoms with Gasteiger partial charge < -0.3 is 14.8 Å². The maximum atomic E-state index is 12.7. The fourth-order valence-corrected chi connectivity index (χ4v) is 2.46. The number of rotatable bonds is 5. The van der Waals surface area contributed by atoms with Gasteiger partial charge in [-0.05, 0) is 24.6 Å². The Morgan fingerprint density at radius 3 is 2.76 bits per heavy atom. The van der Waals surface area contributed by atoms with Crippen molar-refractivity contribution in [3.8, 4) is 0 Å². The smallest absolute Gasteiger partial charge is 0.376 e. The van der Waals surface area contributed by atoms with Crippen LogP contribution in [0.5, 0.6) is 0 Å². The molecule has 21 heavy (non-hydrogen) atoms. The molecule has 1 fully saturated rings. The van der Waals surface area contributed by atoms with Crippen LogP contribution in [-0.2, 0) is 22.1 Å². The van der Waals surface area contributed by atoms with Crippen LogP contribution in [0.2, 0.25) is 0 Å². The van der Waals surface area contributed by atoms with Crippen molar-refractivity contribution in [3.05, 3.63) is 35.4 Å². The van der Waals surface area contributed by atoms with E-state index in [2.05, 4.69) is 5.32 Å². The number of alkyl halides is 3. The lowest BCUT2D eigenvalue weighted by molar-refractivity contribution is -0.137. The molecule has 1 aromatic carbocycles. The van der Waals surface area contributed by atoms with Gasteiger partial charge in [0.1, 0.15) is 0 Å². The average molecular weight is 303 g/mol. The molecular formula is C15H20F3NO2. The van der Waals surface area contributed by atoms with Gasteiger partial charge in [-0.3, -0.25) is 0 Å². The number of hydrogen-bond acceptors (Lipinski definition) is 3. The van der Waals surface area contributed by atoms with Crippen molar-refractivity contribution in [1.29, 1.82) is 0 Å². The molecule has 1 saturated heterocycles. The summed E-state index contributed by atoms with van der Waals surface area (Å²) in [6.07, 6.45) is -3.96. The first-order valence-electron chi connectivity index (χ1n) is 7.09. The van der Waals surface area contributed by atoms with Gasteiger partial charge in [-0.1, -0.05) is 25.1 Å². The fraction of sp³-hybridized carbons (Fsp3) is 0.600. The van der Waals surface area contributed by atoms with Gasteiger partial charge in [0.15, 0.2) is 0 Å². The molecule has 0 radical (unpaired) electrons. The predicted octanol–water partition coefficient (Wildman–Crippen LogP) is 2.64. The summed E-state index contributed by atoms with van der Waals surface area (Å²) in [6, 6.07) is 5.39. The summed E-state index contributed by atoms with van der Waals surface area (Å²) in [5.41, 5.74) is 0.0287. The Morgan fingerprint density at radius 1 is 1.33 bits per heavy atom. The second-order valence-corrected chi connectivity index (χ2v) is 5.05. The van der Waals surface area contributed by atoms with Crippen LogP contribution >= 0.6 is 0 Å². The van der Waals surface area contributed by atoms with E-state index in [9.17, 15) is 13.2 Å². The molecule has 118 valence electrons. The topological polar surface area (TPSA) is 30.5 Å². The van der Waals surface area contributed by atoms with Gasteiger partial charge in [0.2, 0.25) is 0 Å². The van der Waals surface area contributed by atoms with Crippen LogP contribution in [0.3, 0.4) is 0 Å². The van der Waals surface area contributed by atoms with E-state index < -0.39 is 11.7 Å². The van der Waals surface area contributed by atoms with Gasteiger partial charge in [-0.2, -0.15) is 13.2 Å². The van der Waals surface area contributed by atoms with Crippen molar-refractivity contribution in [2.45, 2.75) is 31.7 Å². The first-order valence-corrected chi connectivity index (χ1v) is 7.09. The van der Waals surface area contributed by atoms with Crippen LogP contribution in [0, 0.1) is 0 Å². The first-order chi connectivity index (χ1) is 10.0. The van der Waals surface area contributed by atoms with Gasteiger partial charge >= 0.3 is 6.18 Å². The lowest BCUT2D eigenvalue weighted by atomic mass is 9.99. The molecular weight excluding hydrogens is 283 g/mol. The Hall–Kier alpha value is -1.11. The van der Waals surface area contributed by atoms with Gasteiger partial charge in [0.05, 0.1) is 31.5 Å². The molecule has 0 aromatic heterocycles.